The number of rotatable bonds is 1. The summed E-state index contributed by atoms with van der Waals surface area (Å²) in [6, 6.07) is 6.16. The van der Waals surface area contributed by atoms with Crippen molar-refractivity contribution >= 4 is 17.5 Å². The Morgan fingerprint density at radius 2 is 2.00 bits per heavy atom. The highest BCUT2D eigenvalue weighted by atomic mass is 16.6. The van der Waals surface area contributed by atoms with Crippen molar-refractivity contribution in [3.05, 3.63) is 23.8 Å². The summed E-state index contributed by atoms with van der Waals surface area (Å²) in [6.45, 7) is 11.9. The molecule has 1 aromatic rings. The van der Waals surface area contributed by atoms with E-state index < -0.39 is 5.60 Å². The molecule has 0 bridgehead atoms. The molecule has 1 aliphatic rings. The van der Waals surface area contributed by atoms with E-state index in [2.05, 4.69) is 4.90 Å². The Kier molecular flexibility index (Phi) is 4.54. The van der Waals surface area contributed by atoms with Gasteiger partial charge in [0.25, 0.3) is 0 Å². The molecule has 1 aliphatic heterocycles. The van der Waals surface area contributed by atoms with Gasteiger partial charge >= 0.3 is 6.09 Å². The number of aryl methyl sites for hydroxylation is 1. The Morgan fingerprint density at radius 1 is 1.32 bits per heavy atom. The quantitative estimate of drug-likeness (QED) is 0.810. The van der Waals surface area contributed by atoms with Gasteiger partial charge in [-0.05, 0) is 46.2 Å². The van der Waals surface area contributed by atoms with Gasteiger partial charge in [0.15, 0.2) is 0 Å². The largest absolute Gasteiger partial charge is 0.444 e. The third-order valence-electron chi connectivity index (χ3n) is 3.90. The van der Waals surface area contributed by atoms with Gasteiger partial charge in [-0.15, -0.1) is 0 Å². The molecule has 0 aliphatic carbocycles. The summed E-state index contributed by atoms with van der Waals surface area (Å²) in [7, 11) is 0. The van der Waals surface area contributed by atoms with Crippen LogP contribution in [0.25, 0.3) is 0 Å². The lowest BCUT2D eigenvalue weighted by Gasteiger charge is -2.41. The van der Waals surface area contributed by atoms with E-state index in [1.807, 2.05) is 52.8 Å². The van der Waals surface area contributed by atoms with Crippen LogP contribution < -0.4 is 10.6 Å². The van der Waals surface area contributed by atoms with Crippen molar-refractivity contribution in [2.45, 2.75) is 46.3 Å². The summed E-state index contributed by atoms with van der Waals surface area (Å²) in [5, 5.41) is 0. The van der Waals surface area contributed by atoms with Crippen LogP contribution in [0.2, 0.25) is 0 Å². The monoisotopic (exact) mass is 305 g/mol. The molecule has 1 saturated heterocycles. The zero-order valence-corrected chi connectivity index (χ0v) is 14.2. The first-order valence-corrected chi connectivity index (χ1v) is 7.78. The van der Waals surface area contributed by atoms with Crippen LogP contribution in [0.3, 0.4) is 0 Å². The van der Waals surface area contributed by atoms with Crippen molar-refractivity contribution in [2.24, 2.45) is 0 Å². The molecule has 22 heavy (non-hydrogen) atoms. The zero-order valence-electron chi connectivity index (χ0n) is 14.2. The summed E-state index contributed by atoms with van der Waals surface area (Å²) in [4.78, 5) is 16.3. The van der Waals surface area contributed by atoms with E-state index in [4.69, 9.17) is 10.5 Å². The fourth-order valence-corrected chi connectivity index (χ4v) is 2.71. The van der Waals surface area contributed by atoms with Crippen molar-refractivity contribution in [2.75, 3.05) is 30.3 Å². The van der Waals surface area contributed by atoms with Crippen molar-refractivity contribution in [1.29, 1.82) is 0 Å². The summed E-state index contributed by atoms with van der Waals surface area (Å²) in [5.41, 5.74) is 8.68. The number of para-hydroxylation sites is 1. The third-order valence-corrected chi connectivity index (χ3v) is 3.90. The van der Waals surface area contributed by atoms with Gasteiger partial charge in [0.05, 0.1) is 11.4 Å². The van der Waals surface area contributed by atoms with E-state index in [0.717, 1.165) is 30.0 Å². The second kappa shape index (κ2) is 6.07. The normalized spacial score (nSPS) is 19.2. The maximum atomic E-state index is 12.2. The number of anilines is 2. The summed E-state index contributed by atoms with van der Waals surface area (Å²) < 4.78 is 5.48. The molecule has 1 atom stereocenters. The van der Waals surface area contributed by atoms with Crippen molar-refractivity contribution < 1.29 is 9.53 Å². The minimum Gasteiger partial charge on any atom is -0.444 e. The Hall–Kier alpha value is -1.91. The van der Waals surface area contributed by atoms with Crippen LogP contribution in [0.1, 0.15) is 33.3 Å². The topological polar surface area (TPSA) is 58.8 Å². The molecule has 2 rings (SSSR count). The molecule has 0 aromatic heterocycles. The van der Waals surface area contributed by atoms with E-state index >= 15 is 0 Å². The third kappa shape index (κ3) is 3.64. The van der Waals surface area contributed by atoms with Gasteiger partial charge in [0, 0.05) is 25.7 Å². The Balaban J connectivity index is 2.07. The summed E-state index contributed by atoms with van der Waals surface area (Å²) >= 11 is 0. The van der Waals surface area contributed by atoms with Crippen LogP contribution in [0.4, 0.5) is 16.2 Å². The minimum atomic E-state index is -0.463. The molecule has 2 N–H and O–H groups in total. The van der Waals surface area contributed by atoms with Gasteiger partial charge in [0.2, 0.25) is 0 Å². The van der Waals surface area contributed by atoms with E-state index in [-0.39, 0.29) is 12.1 Å². The molecule has 0 saturated carbocycles. The van der Waals surface area contributed by atoms with E-state index in [1.165, 1.54) is 0 Å². The Morgan fingerprint density at radius 3 is 2.59 bits per heavy atom. The summed E-state index contributed by atoms with van der Waals surface area (Å²) in [6.07, 6.45) is -0.239. The van der Waals surface area contributed by atoms with Crippen molar-refractivity contribution in [3.63, 3.8) is 0 Å². The summed E-state index contributed by atoms with van der Waals surface area (Å²) in [5.74, 6) is 0. The zero-order chi connectivity index (χ0) is 16.5. The second-order valence-electron chi connectivity index (χ2n) is 6.98. The molecule has 122 valence electrons. The van der Waals surface area contributed by atoms with Gasteiger partial charge in [-0.3, -0.25) is 0 Å². The maximum Gasteiger partial charge on any atom is 0.410 e. The number of amides is 1. The second-order valence-corrected chi connectivity index (χ2v) is 6.98. The number of hydrogen-bond acceptors (Lipinski definition) is 4. The first-order valence-electron chi connectivity index (χ1n) is 7.78. The molecular formula is C17H27N3O2. The number of nitrogen functional groups attached to an aromatic ring is 1. The van der Waals surface area contributed by atoms with E-state index in [0.29, 0.717) is 6.54 Å². The number of hydrogen-bond donors (Lipinski definition) is 1. The standard InChI is InChI=1S/C17H27N3O2/c1-12-7-6-8-14(15(12)18)19-9-10-20(13(2)11-19)16(21)22-17(3,4)5/h6-8,13H,9-11,18H2,1-5H3/t13-/m0/s1. The number of benzene rings is 1. The van der Waals surface area contributed by atoms with Crippen molar-refractivity contribution in [3.8, 4) is 0 Å². The highest BCUT2D eigenvalue weighted by molar-refractivity contribution is 5.72. The van der Waals surface area contributed by atoms with Gasteiger partial charge in [0.1, 0.15) is 5.60 Å². The molecule has 1 heterocycles. The average Bonchev–Trinajstić information content (AvgIpc) is 2.39. The number of carbonyl (C=O) groups is 1. The predicted molar refractivity (Wildman–Crippen MR) is 90.2 cm³/mol. The number of ether oxygens (including phenoxy) is 1. The van der Waals surface area contributed by atoms with Crippen LogP contribution in [-0.2, 0) is 4.74 Å². The highest BCUT2D eigenvalue weighted by Crippen LogP contribution is 2.28. The van der Waals surface area contributed by atoms with Crippen LogP contribution >= 0.6 is 0 Å². The fourth-order valence-electron chi connectivity index (χ4n) is 2.71. The van der Waals surface area contributed by atoms with Gasteiger partial charge < -0.3 is 20.3 Å². The Bertz CT molecular complexity index is 551. The van der Waals surface area contributed by atoms with Gasteiger partial charge in [-0.25, -0.2) is 4.79 Å². The molecular weight excluding hydrogens is 278 g/mol. The number of nitrogens with two attached hydrogens (primary N) is 1. The van der Waals surface area contributed by atoms with E-state index in [9.17, 15) is 4.79 Å². The molecule has 5 nitrogen and oxygen atoms in total. The molecule has 1 fully saturated rings. The molecule has 1 amide bonds. The molecule has 0 unspecified atom stereocenters. The van der Waals surface area contributed by atoms with Crippen LogP contribution in [0.5, 0.6) is 0 Å². The van der Waals surface area contributed by atoms with E-state index in [1.54, 1.807) is 4.90 Å². The lowest BCUT2D eigenvalue weighted by Crippen LogP contribution is -2.55. The van der Waals surface area contributed by atoms with Crippen LogP contribution in [-0.4, -0.2) is 42.3 Å². The first-order chi connectivity index (χ1) is 10.2. The highest BCUT2D eigenvalue weighted by Gasteiger charge is 2.31. The molecule has 0 radical (unpaired) electrons. The Labute approximate surface area is 133 Å². The van der Waals surface area contributed by atoms with Crippen LogP contribution in [0.15, 0.2) is 18.2 Å². The minimum absolute atomic E-state index is 0.0866. The number of piperazine rings is 1. The number of carbonyl (C=O) groups excluding carboxylic acids is 1. The predicted octanol–water partition coefficient (Wildman–Crippen LogP) is 3.02. The van der Waals surface area contributed by atoms with Gasteiger partial charge in [-0.2, -0.15) is 0 Å². The molecule has 5 heteroatoms. The SMILES string of the molecule is Cc1cccc(N2CCN(C(=O)OC(C)(C)C)[C@@H](C)C2)c1N. The van der Waals surface area contributed by atoms with Crippen LogP contribution in [0, 0.1) is 6.92 Å². The lowest BCUT2D eigenvalue weighted by molar-refractivity contribution is 0.0159. The average molecular weight is 305 g/mol. The molecule has 0 spiro atoms. The first kappa shape index (κ1) is 16.5. The number of nitrogens with zero attached hydrogens (tertiary/aromatic N) is 2. The van der Waals surface area contributed by atoms with Crippen molar-refractivity contribution in [1.82, 2.24) is 4.90 Å². The molecule has 1 aromatic carbocycles. The maximum absolute atomic E-state index is 12.2. The smallest absolute Gasteiger partial charge is 0.410 e. The lowest BCUT2D eigenvalue weighted by atomic mass is 10.1. The fraction of sp³-hybridized carbons (Fsp3) is 0.588. The van der Waals surface area contributed by atoms with Gasteiger partial charge in [-0.1, -0.05) is 12.1 Å².